The van der Waals surface area contributed by atoms with E-state index >= 15 is 0 Å². The van der Waals surface area contributed by atoms with Gasteiger partial charge in [0, 0.05) is 0 Å². The first kappa shape index (κ1) is 16.5. The van der Waals surface area contributed by atoms with Gasteiger partial charge in [-0.3, -0.25) is 9.59 Å². The topological polar surface area (TPSA) is 65.1 Å². The molecule has 0 radical (unpaired) electrons. The third-order valence-electron chi connectivity index (χ3n) is 4.22. The predicted molar refractivity (Wildman–Crippen MR) is 80.2 cm³/mol. The maximum Gasteiger partial charge on any atom is 0.323 e. The molecule has 1 aliphatic heterocycles. The molecule has 1 fully saturated rings. The molecule has 1 aromatic rings. The fourth-order valence-corrected chi connectivity index (χ4v) is 2.60. The highest BCUT2D eigenvalue weighted by Gasteiger charge is 2.51. The largest absolute Gasteiger partial charge is 0.468 e. The van der Waals surface area contributed by atoms with Crippen LogP contribution in [0.15, 0.2) is 30.3 Å². The van der Waals surface area contributed by atoms with Crippen molar-refractivity contribution in [1.82, 2.24) is 0 Å². The molecular formula is C17H22O5. The van der Waals surface area contributed by atoms with Gasteiger partial charge in [0.15, 0.2) is 5.41 Å². The number of hydrogen-bond donors (Lipinski definition) is 0. The molecular weight excluding hydrogens is 284 g/mol. The third-order valence-corrected chi connectivity index (χ3v) is 4.22. The minimum Gasteiger partial charge on any atom is -0.468 e. The molecule has 1 aliphatic rings. The summed E-state index contributed by atoms with van der Waals surface area (Å²) in [6, 6.07) is 9.41. The van der Waals surface area contributed by atoms with E-state index in [9.17, 15) is 9.59 Å². The van der Waals surface area contributed by atoms with E-state index < -0.39 is 17.4 Å². The van der Waals surface area contributed by atoms with E-state index in [-0.39, 0.29) is 12.0 Å². The second kappa shape index (κ2) is 6.48. The van der Waals surface area contributed by atoms with Crippen LogP contribution in [0.3, 0.4) is 0 Å². The van der Waals surface area contributed by atoms with Gasteiger partial charge in [-0.25, -0.2) is 0 Å². The van der Waals surface area contributed by atoms with Crippen molar-refractivity contribution in [3.8, 4) is 0 Å². The summed E-state index contributed by atoms with van der Waals surface area (Å²) >= 11 is 0. The Morgan fingerprint density at radius 3 is 2.18 bits per heavy atom. The molecule has 22 heavy (non-hydrogen) atoms. The molecule has 5 heteroatoms. The first-order valence-electron chi connectivity index (χ1n) is 7.30. The Morgan fingerprint density at radius 1 is 1.18 bits per heavy atom. The van der Waals surface area contributed by atoms with E-state index in [2.05, 4.69) is 0 Å². The fraction of sp³-hybridized carbons (Fsp3) is 0.529. The molecule has 1 unspecified atom stereocenters. The van der Waals surface area contributed by atoms with Crippen LogP contribution in [0.5, 0.6) is 0 Å². The molecule has 0 aromatic heterocycles. The molecule has 120 valence electrons. The molecule has 2 rings (SSSR count). The maximum atomic E-state index is 12.4. The van der Waals surface area contributed by atoms with Crippen molar-refractivity contribution in [2.24, 2.45) is 5.41 Å². The van der Waals surface area contributed by atoms with Gasteiger partial charge in [0.25, 0.3) is 0 Å². The first-order chi connectivity index (χ1) is 10.5. The zero-order valence-corrected chi connectivity index (χ0v) is 13.3. The zero-order valence-electron chi connectivity index (χ0n) is 13.3. The lowest BCUT2D eigenvalue weighted by molar-refractivity contribution is -0.170. The van der Waals surface area contributed by atoms with Crippen LogP contribution in [0.1, 0.15) is 25.3 Å². The standard InChI is InChI=1S/C17H22O5/c1-16(12-22-16)9-10-17(14(18)20-2,15(19)21-3)11-13-7-5-4-6-8-13/h4-8H,9-12H2,1-3H3. The lowest BCUT2D eigenvalue weighted by Gasteiger charge is -2.29. The van der Waals surface area contributed by atoms with Gasteiger partial charge >= 0.3 is 11.9 Å². The molecule has 1 atom stereocenters. The number of hydrogen-bond acceptors (Lipinski definition) is 5. The first-order valence-corrected chi connectivity index (χ1v) is 7.30. The van der Waals surface area contributed by atoms with Crippen LogP contribution < -0.4 is 0 Å². The van der Waals surface area contributed by atoms with Crippen molar-refractivity contribution >= 4 is 11.9 Å². The van der Waals surface area contributed by atoms with Crippen molar-refractivity contribution in [1.29, 1.82) is 0 Å². The molecule has 5 nitrogen and oxygen atoms in total. The molecule has 0 N–H and O–H groups in total. The molecule has 1 saturated heterocycles. The van der Waals surface area contributed by atoms with E-state index in [0.717, 1.165) is 5.56 Å². The molecule has 0 saturated carbocycles. The van der Waals surface area contributed by atoms with E-state index in [1.807, 2.05) is 37.3 Å². The summed E-state index contributed by atoms with van der Waals surface area (Å²) in [6.07, 6.45) is 1.19. The molecule has 1 heterocycles. The molecule has 0 amide bonds. The van der Waals surface area contributed by atoms with Gasteiger partial charge in [0.1, 0.15) is 0 Å². The lowest BCUT2D eigenvalue weighted by Crippen LogP contribution is -2.44. The summed E-state index contributed by atoms with van der Waals surface area (Å²) in [5.41, 5.74) is -0.691. The van der Waals surface area contributed by atoms with Crippen LogP contribution >= 0.6 is 0 Å². The number of carbonyl (C=O) groups excluding carboxylic acids is 2. The SMILES string of the molecule is COC(=O)C(CCC1(C)CO1)(Cc1ccccc1)C(=O)OC. The minimum absolute atomic E-state index is 0.246. The number of ether oxygens (including phenoxy) is 3. The van der Waals surface area contributed by atoms with Crippen LogP contribution in [0, 0.1) is 5.41 Å². The Labute approximate surface area is 130 Å². The Hall–Kier alpha value is -1.88. The van der Waals surface area contributed by atoms with Gasteiger partial charge in [-0.2, -0.15) is 0 Å². The van der Waals surface area contributed by atoms with Crippen molar-refractivity contribution in [3.63, 3.8) is 0 Å². The number of esters is 2. The predicted octanol–water partition coefficient (Wildman–Crippen LogP) is 2.13. The average Bonchev–Trinajstić information content (AvgIpc) is 3.29. The quantitative estimate of drug-likeness (QED) is 0.438. The minimum atomic E-state index is -1.33. The van der Waals surface area contributed by atoms with Gasteiger partial charge in [-0.05, 0) is 31.7 Å². The second-order valence-corrected chi connectivity index (χ2v) is 5.97. The van der Waals surface area contributed by atoms with Crippen LogP contribution in [0.2, 0.25) is 0 Å². The third kappa shape index (κ3) is 3.47. The monoisotopic (exact) mass is 306 g/mol. The highest BCUT2D eigenvalue weighted by molar-refractivity contribution is 6.00. The Kier molecular flexibility index (Phi) is 4.86. The summed E-state index contributed by atoms with van der Waals surface area (Å²) in [4.78, 5) is 24.8. The maximum absolute atomic E-state index is 12.4. The average molecular weight is 306 g/mol. The van der Waals surface area contributed by atoms with Crippen molar-refractivity contribution in [2.75, 3.05) is 20.8 Å². The smallest absolute Gasteiger partial charge is 0.323 e. The summed E-state index contributed by atoms with van der Waals surface area (Å²) in [7, 11) is 2.58. The Balaban J connectivity index is 2.30. The second-order valence-electron chi connectivity index (χ2n) is 5.97. The lowest BCUT2D eigenvalue weighted by atomic mass is 9.76. The Bertz CT molecular complexity index is 517. The highest BCUT2D eigenvalue weighted by Crippen LogP contribution is 2.39. The number of benzene rings is 1. The van der Waals surface area contributed by atoms with Gasteiger partial charge in [0.05, 0.1) is 26.4 Å². The summed E-state index contributed by atoms with van der Waals surface area (Å²) in [5, 5.41) is 0. The van der Waals surface area contributed by atoms with E-state index in [1.165, 1.54) is 14.2 Å². The van der Waals surface area contributed by atoms with Gasteiger partial charge in [-0.1, -0.05) is 30.3 Å². The zero-order chi connectivity index (χ0) is 16.2. The number of carbonyl (C=O) groups is 2. The van der Waals surface area contributed by atoms with E-state index in [4.69, 9.17) is 14.2 Å². The summed E-state index contributed by atoms with van der Waals surface area (Å²) < 4.78 is 15.2. The van der Waals surface area contributed by atoms with Crippen LogP contribution in [-0.4, -0.2) is 38.4 Å². The van der Waals surface area contributed by atoms with Crippen LogP contribution in [0.25, 0.3) is 0 Å². The van der Waals surface area contributed by atoms with Gasteiger partial charge in [-0.15, -0.1) is 0 Å². The summed E-state index contributed by atoms with van der Waals surface area (Å²) in [5.74, 6) is -1.13. The van der Waals surface area contributed by atoms with Gasteiger partial charge < -0.3 is 14.2 Å². The molecule has 1 aromatic carbocycles. The number of epoxide rings is 1. The van der Waals surface area contributed by atoms with E-state index in [0.29, 0.717) is 19.4 Å². The molecule has 0 spiro atoms. The normalized spacial score (nSPS) is 20.3. The Morgan fingerprint density at radius 2 is 1.73 bits per heavy atom. The van der Waals surface area contributed by atoms with Gasteiger partial charge in [0.2, 0.25) is 0 Å². The molecule has 0 bridgehead atoms. The molecule has 0 aliphatic carbocycles. The van der Waals surface area contributed by atoms with Crippen molar-refractivity contribution in [3.05, 3.63) is 35.9 Å². The fourth-order valence-electron chi connectivity index (χ4n) is 2.60. The van der Waals surface area contributed by atoms with E-state index in [1.54, 1.807) is 0 Å². The van der Waals surface area contributed by atoms with Crippen LogP contribution in [-0.2, 0) is 30.2 Å². The van der Waals surface area contributed by atoms with Crippen molar-refractivity contribution < 1.29 is 23.8 Å². The number of methoxy groups -OCH3 is 2. The highest BCUT2D eigenvalue weighted by atomic mass is 16.6. The number of rotatable bonds is 7. The summed E-state index contributed by atoms with van der Waals surface area (Å²) in [6.45, 7) is 2.62. The van der Waals surface area contributed by atoms with Crippen LogP contribution in [0.4, 0.5) is 0 Å². The van der Waals surface area contributed by atoms with Crippen molar-refractivity contribution in [2.45, 2.75) is 31.8 Å².